The number of benzene rings is 1. The summed E-state index contributed by atoms with van der Waals surface area (Å²) in [5, 5.41) is 2.43. The Kier molecular flexibility index (Phi) is 3.37. The van der Waals surface area contributed by atoms with Crippen molar-refractivity contribution in [1.29, 1.82) is 0 Å². The molecule has 0 aromatic heterocycles. The Balaban J connectivity index is 1.72. The van der Waals surface area contributed by atoms with E-state index in [0.717, 1.165) is 29.7 Å². The van der Waals surface area contributed by atoms with Crippen LogP contribution in [0.4, 0.5) is 0 Å². The van der Waals surface area contributed by atoms with E-state index in [2.05, 4.69) is 49.6 Å². The van der Waals surface area contributed by atoms with Crippen LogP contribution in [0.3, 0.4) is 0 Å². The molecule has 0 spiro atoms. The van der Waals surface area contributed by atoms with Crippen molar-refractivity contribution in [2.24, 2.45) is 23.2 Å². The summed E-state index contributed by atoms with van der Waals surface area (Å²) in [7, 11) is 2.25. The van der Waals surface area contributed by atoms with E-state index < -0.39 is 0 Å². The fourth-order valence-electron chi connectivity index (χ4n) is 6.55. The molecule has 5 rings (SSSR count). The van der Waals surface area contributed by atoms with Crippen LogP contribution >= 0.6 is 0 Å². The summed E-state index contributed by atoms with van der Waals surface area (Å²) < 4.78 is 0. The maximum absolute atomic E-state index is 2.43. The second-order valence-electron chi connectivity index (χ2n) is 8.37. The molecule has 21 heavy (non-hydrogen) atoms. The van der Waals surface area contributed by atoms with E-state index in [1.54, 1.807) is 12.0 Å². The van der Waals surface area contributed by atoms with Gasteiger partial charge in [-0.05, 0) is 73.7 Å². The van der Waals surface area contributed by atoms with Crippen molar-refractivity contribution in [3.8, 4) is 0 Å². The Labute approximate surface area is 129 Å². The first-order chi connectivity index (χ1) is 10.2. The first kappa shape index (κ1) is 13.8. The molecule has 1 aromatic rings. The van der Waals surface area contributed by atoms with Gasteiger partial charge < -0.3 is 5.32 Å². The fourth-order valence-corrected chi connectivity index (χ4v) is 6.55. The van der Waals surface area contributed by atoms with Gasteiger partial charge in [-0.2, -0.15) is 0 Å². The molecule has 4 fully saturated rings. The Morgan fingerprint density at radius 1 is 1.10 bits per heavy atom. The van der Waals surface area contributed by atoms with Gasteiger partial charge in [0, 0.05) is 6.42 Å². The van der Waals surface area contributed by atoms with E-state index in [-0.39, 0.29) is 0 Å². The van der Waals surface area contributed by atoms with Crippen LogP contribution in [0.2, 0.25) is 0 Å². The van der Waals surface area contributed by atoms with E-state index in [9.17, 15) is 0 Å². The van der Waals surface area contributed by atoms with E-state index >= 15 is 0 Å². The standard InChI is InChI=1S/C20H29N/c1-14(21-2)11-20-12-15-8-16(13-20)10-18(9-15)19(20)17-6-4-3-5-7-17/h3-7,14-16,18-19,21H,8-13H2,1-2H3/p+1/t14-,15-,16+,18?,19-,20?/m0/s1. The lowest BCUT2D eigenvalue weighted by atomic mass is 9.43. The fraction of sp³-hybridized carbons (Fsp3) is 0.700. The van der Waals surface area contributed by atoms with Gasteiger partial charge in [0.25, 0.3) is 0 Å². The molecule has 2 N–H and O–H groups in total. The van der Waals surface area contributed by atoms with Gasteiger partial charge in [-0.15, -0.1) is 0 Å². The van der Waals surface area contributed by atoms with E-state index in [0.29, 0.717) is 5.41 Å². The molecule has 114 valence electrons. The predicted molar refractivity (Wildman–Crippen MR) is 87.1 cm³/mol. The van der Waals surface area contributed by atoms with Crippen molar-refractivity contribution in [3.63, 3.8) is 0 Å². The monoisotopic (exact) mass is 284 g/mol. The van der Waals surface area contributed by atoms with Gasteiger partial charge in [0.2, 0.25) is 0 Å². The Morgan fingerprint density at radius 2 is 1.76 bits per heavy atom. The smallest absolute Gasteiger partial charge is 0.0834 e. The second-order valence-corrected chi connectivity index (χ2v) is 8.37. The predicted octanol–water partition coefficient (Wildman–Crippen LogP) is 3.57. The van der Waals surface area contributed by atoms with Crippen LogP contribution in [0.15, 0.2) is 30.3 Å². The minimum Gasteiger partial charge on any atom is -0.346 e. The lowest BCUT2D eigenvalue weighted by molar-refractivity contribution is -0.663. The molecular weight excluding hydrogens is 254 g/mol. The van der Waals surface area contributed by atoms with Crippen molar-refractivity contribution >= 4 is 0 Å². The average molecular weight is 284 g/mol. The van der Waals surface area contributed by atoms with Gasteiger partial charge in [-0.25, -0.2) is 0 Å². The zero-order valence-corrected chi connectivity index (χ0v) is 13.6. The summed E-state index contributed by atoms with van der Waals surface area (Å²) in [5.74, 6) is 3.91. The van der Waals surface area contributed by atoms with Crippen LogP contribution in [-0.4, -0.2) is 13.1 Å². The van der Waals surface area contributed by atoms with Crippen molar-refractivity contribution in [3.05, 3.63) is 35.9 Å². The SMILES string of the molecule is C[NH2+][C@@H](C)CC12C[C@@H]3CC(C[C@@H](C3)C1)[C@@H]2c1ccccc1. The summed E-state index contributed by atoms with van der Waals surface area (Å²) in [5.41, 5.74) is 2.26. The molecule has 0 saturated heterocycles. The highest BCUT2D eigenvalue weighted by molar-refractivity contribution is 5.27. The third kappa shape index (κ3) is 2.25. The Morgan fingerprint density at radius 3 is 2.38 bits per heavy atom. The summed E-state index contributed by atoms with van der Waals surface area (Å²) in [6.07, 6.45) is 9.02. The maximum Gasteiger partial charge on any atom is 0.0834 e. The van der Waals surface area contributed by atoms with E-state index in [1.165, 1.54) is 32.1 Å². The zero-order valence-electron chi connectivity index (χ0n) is 13.6. The summed E-state index contributed by atoms with van der Waals surface area (Å²) >= 11 is 0. The normalized spacial score (nSPS) is 42.2. The van der Waals surface area contributed by atoms with Crippen molar-refractivity contribution in [2.75, 3.05) is 7.05 Å². The number of nitrogens with two attached hydrogens (primary N) is 1. The molecule has 1 aromatic carbocycles. The lowest BCUT2D eigenvalue weighted by Gasteiger charge is -2.62. The third-order valence-electron chi connectivity index (χ3n) is 6.92. The molecule has 1 nitrogen and oxygen atoms in total. The van der Waals surface area contributed by atoms with Gasteiger partial charge in [0.15, 0.2) is 0 Å². The highest BCUT2D eigenvalue weighted by Crippen LogP contribution is 2.67. The Bertz CT molecular complexity index is 480. The maximum atomic E-state index is 2.43. The molecule has 4 aliphatic carbocycles. The minimum atomic E-state index is 0.613. The summed E-state index contributed by atoms with van der Waals surface area (Å²) in [4.78, 5) is 0. The van der Waals surface area contributed by atoms with Gasteiger partial charge in [0.05, 0.1) is 13.1 Å². The minimum absolute atomic E-state index is 0.613. The Hall–Kier alpha value is -0.820. The molecule has 0 heterocycles. The topological polar surface area (TPSA) is 16.6 Å². The van der Waals surface area contributed by atoms with Crippen LogP contribution in [-0.2, 0) is 0 Å². The van der Waals surface area contributed by atoms with Gasteiger partial charge >= 0.3 is 0 Å². The third-order valence-corrected chi connectivity index (χ3v) is 6.92. The van der Waals surface area contributed by atoms with Crippen molar-refractivity contribution < 1.29 is 5.32 Å². The van der Waals surface area contributed by atoms with Gasteiger partial charge in [-0.3, -0.25) is 0 Å². The molecule has 4 bridgehead atoms. The number of hydrogen-bond acceptors (Lipinski definition) is 0. The van der Waals surface area contributed by atoms with Crippen LogP contribution in [0, 0.1) is 23.2 Å². The molecular formula is C20H30N+. The van der Waals surface area contributed by atoms with Crippen LogP contribution in [0.1, 0.15) is 56.9 Å². The molecule has 0 radical (unpaired) electrons. The largest absolute Gasteiger partial charge is 0.346 e. The van der Waals surface area contributed by atoms with Crippen molar-refractivity contribution in [2.45, 2.75) is 57.4 Å². The zero-order chi connectivity index (χ0) is 14.4. The lowest BCUT2D eigenvalue weighted by Crippen LogP contribution is -2.86. The van der Waals surface area contributed by atoms with E-state index in [1.807, 2.05) is 0 Å². The molecule has 0 amide bonds. The van der Waals surface area contributed by atoms with Crippen LogP contribution < -0.4 is 5.32 Å². The molecule has 2 unspecified atom stereocenters. The average Bonchev–Trinajstić information content (AvgIpc) is 2.46. The molecule has 4 saturated carbocycles. The molecule has 0 aliphatic heterocycles. The first-order valence-electron chi connectivity index (χ1n) is 9.04. The second kappa shape index (κ2) is 5.12. The molecule has 4 aliphatic rings. The molecule has 1 heteroatoms. The van der Waals surface area contributed by atoms with Crippen LogP contribution in [0.5, 0.6) is 0 Å². The highest BCUT2D eigenvalue weighted by Gasteiger charge is 2.57. The van der Waals surface area contributed by atoms with Crippen molar-refractivity contribution in [1.82, 2.24) is 0 Å². The number of hydrogen-bond donors (Lipinski definition) is 1. The number of rotatable bonds is 4. The quantitative estimate of drug-likeness (QED) is 0.870. The highest BCUT2D eigenvalue weighted by atomic mass is 14.9. The van der Waals surface area contributed by atoms with E-state index in [4.69, 9.17) is 0 Å². The van der Waals surface area contributed by atoms with Gasteiger partial charge in [0.1, 0.15) is 0 Å². The summed E-state index contributed by atoms with van der Waals surface area (Å²) in [6, 6.07) is 12.3. The molecule has 6 atom stereocenters. The van der Waals surface area contributed by atoms with Crippen LogP contribution in [0.25, 0.3) is 0 Å². The van der Waals surface area contributed by atoms with Gasteiger partial charge in [-0.1, -0.05) is 30.3 Å². The number of quaternary nitrogens is 1. The summed E-state index contributed by atoms with van der Waals surface area (Å²) in [6.45, 7) is 2.43. The first-order valence-corrected chi connectivity index (χ1v) is 9.04.